The van der Waals surface area contributed by atoms with Crippen LogP contribution in [0.3, 0.4) is 0 Å². The number of rotatable bonds is 2. The van der Waals surface area contributed by atoms with Gasteiger partial charge in [0.15, 0.2) is 0 Å². The smallest absolute Gasteiger partial charge is 0.419 e. The van der Waals surface area contributed by atoms with Gasteiger partial charge in [-0.1, -0.05) is 0 Å². The van der Waals surface area contributed by atoms with Crippen molar-refractivity contribution in [2.24, 2.45) is 0 Å². The molecule has 25 heavy (non-hydrogen) atoms. The average Bonchev–Trinajstić information content (AvgIpc) is 3.11. The largest absolute Gasteiger partial charge is 0.443 e. The van der Waals surface area contributed by atoms with Crippen LogP contribution >= 0.6 is 0 Å². The number of carbonyl (C=O) groups is 2. The number of anilines is 1. The monoisotopic (exact) mass is 344 g/mol. The summed E-state index contributed by atoms with van der Waals surface area (Å²) in [5.74, 6) is 0.0425. The number of nitrogens with one attached hydrogen (secondary N) is 1. The van der Waals surface area contributed by atoms with Gasteiger partial charge in [-0.2, -0.15) is 0 Å². The fraction of sp³-hybridized carbons (Fsp3) is 0.438. The van der Waals surface area contributed by atoms with E-state index in [1.165, 1.54) is 17.7 Å². The van der Waals surface area contributed by atoms with Gasteiger partial charge in [0.1, 0.15) is 11.4 Å². The fourth-order valence-corrected chi connectivity index (χ4v) is 2.58. The Morgan fingerprint density at radius 2 is 2.20 bits per heavy atom. The van der Waals surface area contributed by atoms with Crippen molar-refractivity contribution >= 4 is 36.2 Å². The molecule has 9 heteroatoms. The number of hydrogen-bond acceptors (Lipinski definition) is 6. The van der Waals surface area contributed by atoms with E-state index in [0.29, 0.717) is 17.9 Å². The van der Waals surface area contributed by atoms with E-state index in [1.807, 2.05) is 0 Å². The van der Waals surface area contributed by atoms with Gasteiger partial charge in [0.2, 0.25) is 5.91 Å². The normalized spacial score (nSPS) is 17.4. The van der Waals surface area contributed by atoms with E-state index < -0.39 is 11.7 Å². The minimum atomic E-state index is -0.622. The summed E-state index contributed by atoms with van der Waals surface area (Å²) >= 11 is 0. The maximum Gasteiger partial charge on any atom is 0.419 e. The highest BCUT2D eigenvalue weighted by Gasteiger charge is 2.28. The van der Waals surface area contributed by atoms with Crippen molar-refractivity contribution in [2.45, 2.75) is 39.1 Å². The van der Waals surface area contributed by atoms with E-state index in [1.54, 1.807) is 40.5 Å². The Morgan fingerprint density at radius 3 is 2.80 bits per heavy atom. The van der Waals surface area contributed by atoms with Crippen LogP contribution in [0.15, 0.2) is 18.5 Å². The Morgan fingerprint density at radius 1 is 1.44 bits per heavy atom. The molecule has 8 nitrogen and oxygen atoms in total. The molecule has 1 saturated heterocycles. The zero-order valence-electron chi connectivity index (χ0n) is 14.5. The van der Waals surface area contributed by atoms with Gasteiger partial charge in [0.05, 0.1) is 18.3 Å². The van der Waals surface area contributed by atoms with Crippen molar-refractivity contribution in [1.29, 1.82) is 0 Å². The summed E-state index contributed by atoms with van der Waals surface area (Å²) in [6, 6.07) is 1.72. The Bertz CT molecular complexity index is 821. The number of carbonyl (C=O) groups excluding carboxylic acids is 2. The van der Waals surface area contributed by atoms with Crippen LogP contribution < -0.4 is 5.32 Å². The summed E-state index contributed by atoms with van der Waals surface area (Å²) in [4.78, 5) is 37.8. The van der Waals surface area contributed by atoms with E-state index in [9.17, 15) is 9.59 Å². The second-order valence-electron chi connectivity index (χ2n) is 6.83. The standard InChI is InChI=1S/C16H19BN3O5/c1-9(21)19-14-5-10-11(12-8-23-25-17-12)7-20(13(10)6-18-14)15(22)24-16(2,3)4/h5-7,12H,8H2,1-4H3,(H,18,19,21). The van der Waals surface area contributed by atoms with Crippen LogP contribution in [0.4, 0.5) is 10.6 Å². The maximum atomic E-state index is 12.5. The van der Waals surface area contributed by atoms with E-state index in [0.717, 1.165) is 10.9 Å². The first kappa shape index (κ1) is 17.4. The number of fused-ring (bicyclic) bond motifs is 1. The lowest BCUT2D eigenvalue weighted by Crippen LogP contribution is -2.26. The van der Waals surface area contributed by atoms with E-state index >= 15 is 0 Å². The minimum absolute atomic E-state index is 0.140. The number of amides is 1. The number of hydrogen-bond donors (Lipinski definition) is 1. The lowest BCUT2D eigenvalue weighted by atomic mass is 9.77. The molecule has 1 atom stereocenters. The molecule has 2 aromatic rings. The van der Waals surface area contributed by atoms with Crippen LogP contribution in [0, 0.1) is 0 Å². The molecular weight excluding hydrogens is 325 g/mol. The van der Waals surface area contributed by atoms with E-state index in [-0.39, 0.29) is 11.7 Å². The highest BCUT2D eigenvalue weighted by molar-refractivity contribution is 6.31. The third-order valence-electron chi connectivity index (χ3n) is 3.55. The predicted octanol–water partition coefficient (Wildman–Crippen LogP) is 2.40. The summed E-state index contributed by atoms with van der Waals surface area (Å²) in [6.45, 7) is 7.15. The molecule has 131 valence electrons. The van der Waals surface area contributed by atoms with Crippen molar-refractivity contribution in [3.05, 3.63) is 24.0 Å². The van der Waals surface area contributed by atoms with Crippen LogP contribution in [0.2, 0.25) is 0 Å². The summed E-state index contributed by atoms with van der Waals surface area (Å²) in [5.41, 5.74) is 0.786. The summed E-state index contributed by atoms with van der Waals surface area (Å²) in [5, 5.41) is 3.41. The van der Waals surface area contributed by atoms with Gasteiger partial charge < -0.3 is 14.9 Å². The lowest BCUT2D eigenvalue weighted by molar-refractivity contribution is -0.183. The van der Waals surface area contributed by atoms with Crippen LogP contribution in [-0.2, 0) is 19.2 Å². The van der Waals surface area contributed by atoms with Gasteiger partial charge in [-0.15, -0.1) is 0 Å². The molecular formula is C16H19BN3O5. The molecule has 1 aliphatic heterocycles. The first-order valence-electron chi connectivity index (χ1n) is 7.88. The molecule has 0 aromatic carbocycles. The number of nitrogens with zero attached hydrogens (tertiary/aromatic N) is 2. The molecule has 3 heterocycles. The molecule has 3 rings (SSSR count). The lowest BCUT2D eigenvalue weighted by Gasteiger charge is -2.19. The molecule has 0 saturated carbocycles. The quantitative estimate of drug-likeness (QED) is 0.664. The molecule has 1 radical (unpaired) electrons. The fourth-order valence-electron chi connectivity index (χ4n) is 2.58. The Hall–Kier alpha value is -2.39. The van der Waals surface area contributed by atoms with E-state index in [4.69, 9.17) is 14.4 Å². The van der Waals surface area contributed by atoms with E-state index in [2.05, 4.69) is 10.3 Å². The predicted molar refractivity (Wildman–Crippen MR) is 91.2 cm³/mol. The van der Waals surface area contributed by atoms with Gasteiger partial charge in [0.25, 0.3) is 0 Å². The highest BCUT2D eigenvalue weighted by atomic mass is 17.2. The second kappa shape index (κ2) is 6.49. The Labute approximate surface area is 145 Å². The summed E-state index contributed by atoms with van der Waals surface area (Å²) in [7, 11) is 1.56. The number of aromatic nitrogens is 2. The third-order valence-corrected chi connectivity index (χ3v) is 3.55. The second-order valence-corrected chi connectivity index (χ2v) is 6.83. The minimum Gasteiger partial charge on any atom is -0.443 e. The summed E-state index contributed by atoms with van der Waals surface area (Å²) < 4.78 is 6.87. The Kier molecular flexibility index (Phi) is 4.53. The van der Waals surface area contributed by atoms with Crippen molar-refractivity contribution < 1.29 is 24.0 Å². The van der Waals surface area contributed by atoms with Crippen molar-refractivity contribution in [1.82, 2.24) is 9.55 Å². The van der Waals surface area contributed by atoms with Crippen molar-refractivity contribution in [3.8, 4) is 0 Å². The molecule has 0 spiro atoms. The van der Waals surface area contributed by atoms with Gasteiger partial charge in [-0.25, -0.2) is 9.78 Å². The first-order chi connectivity index (χ1) is 11.7. The number of ether oxygens (including phenoxy) is 1. The highest BCUT2D eigenvalue weighted by Crippen LogP contribution is 2.31. The molecule has 1 fully saturated rings. The molecule has 2 aromatic heterocycles. The molecule has 1 N–H and O–H groups in total. The molecule has 0 bridgehead atoms. The zero-order chi connectivity index (χ0) is 18.2. The van der Waals surface area contributed by atoms with Gasteiger partial charge in [-0.3, -0.25) is 14.2 Å². The molecule has 1 unspecified atom stereocenters. The third kappa shape index (κ3) is 3.83. The van der Waals surface area contributed by atoms with Crippen molar-refractivity contribution in [2.75, 3.05) is 11.9 Å². The van der Waals surface area contributed by atoms with Crippen LogP contribution in [-0.4, -0.2) is 41.2 Å². The van der Waals surface area contributed by atoms with Gasteiger partial charge in [-0.05, 0) is 32.4 Å². The van der Waals surface area contributed by atoms with Gasteiger partial charge >= 0.3 is 13.6 Å². The van der Waals surface area contributed by atoms with Gasteiger partial charge in [0, 0.05) is 24.3 Å². The van der Waals surface area contributed by atoms with Crippen LogP contribution in [0.5, 0.6) is 0 Å². The Balaban J connectivity index is 2.08. The van der Waals surface area contributed by atoms with Crippen LogP contribution in [0.1, 0.15) is 39.1 Å². The van der Waals surface area contributed by atoms with Crippen LogP contribution in [0.25, 0.3) is 10.9 Å². The maximum absolute atomic E-state index is 12.5. The topological polar surface area (TPSA) is 91.7 Å². The summed E-state index contributed by atoms with van der Waals surface area (Å²) in [6.07, 6.45) is 2.72. The number of pyridine rings is 1. The molecule has 1 aliphatic rings. The first-order valence-corrected chi connectivity index (χ1v) is 7.88. The molecule has 1 amide bonds. The SMILES string of the molecule is CC(=O)Nc1cc2c(C3[B]OOC3)cn(C(=O)OC(C)(C)C)c2cn1. The van der Waals surface area contributed by atoms with Crippen molar-refractivity contribution in [3.63, 3.8) is 0 Å². The molecule has 0 aliphatic carbocycles. The average molecular weight is 344 g/mol. The zero-order valence-corrected chi connectivity index (χ0v) is 14.5.